The van der Waals surface area contributed by atoms with E-state index in [2.05, 4.69) is 20.7 Å². The average Bonchev–Trinajstić information content (AvgIpc) is 3.14. The third kappa shape index (κ3) is 2.61. The predicted octanol–water partition coefficient (Wildman–Crippen LogP) is 1.58. The number of carbonyl (C=O) groups excluding carboxylic acids is 1. The summed E-state index contributed by atoms with van der Waals surface area (Å²) in [6, 6.07) is 7.13. The van der Waals surface area contributed by atoms with E-state index >= 15 is 0 Å². The first kappa shape index (κ1) is 13.3. The standard InChI is InChI=1S/C13H10N4O3S/c18-12(7-3-4-8-9(6-7)16-17-15-8)14-11(13(19)20)10-2-1-5-21-10/h1-6,11H,(H,14,18)(H,19,20)(H,15,16,17). The van der Waals surface area contributed by atoms with Gasteiger partial charge in [0.15, 0.2) is 6.04 Å². The largest absolute Gasteiger partial charge is 0.479 e. The molecule has 0 saturated carbocycles. The van der Waals surface area contributed by atoms with Gasteiger partial charge in [0.05, 0.1) is 0 Å². The van der Waals surface area contributed by atoms with Crippen LogP contribution in [0, 0.1) is 0 Å². The normalized spacial score (nSPS) is 12.2. The first-order valence-electron chi connectivity index (χ1n) is 6.03. The van der Waals surface area contributed by atoms with E-state index in [0.717, 1.165) is 0 Å². The number of amides is 1. The van der Waals surface area contributed by atoms with Crippen molar-refractivity contribution in [2.75, 3.05) is 0 Å². The zero-order valence-electron chi connectivity index (χ0n) is 10.6. The van der Waals surface area contributed by atoms with Crippen molar-refractivity contribution in [3.63, 3.8) is 0 Å². The Morgan fingerprint density at radius 1 is 1.24 bits per heavy atom. The molecule has 0 radical (unpaired) electrons. The molecule has 2 aromatic heterocycles. The Morgan fingerprint density at radius 2 is 2.05 bits per heavy atom. The number of nitrogens with one attached hydrogen (secondary N) is 2. The molecule has 3 N–H and O–H groups in total. The zero-order chi connectivity index (χ0) is 14.8. The lowest BCUT2D eigenvalue weighted by Gasteiger charge is -2.12. The van der Waals surface area contributed by atoms with Crippen LogP contribution in [0.15, 0.2) is 35.7 Å². The Bertz CT molecular complexity index is 797. The van der Waals surface area contributed by atoms with Crippen molar-refractivity contribution in [1.29, 1.82) is 0 Å². The summed E-state index contributed by atoms with van der Waals surface area (Å²) in [6.07, 6.45) is 0. The molecule has 1 atom stereocenters. The number of thiophene rings is 1. The van der Waals surface area contributed by atoms with Crippen molar-refractivity contribution in [3.05, 3.63) is 46.2 Å². The number of benzene rings is 1. The Morgan fingerprint density at radius 3 is 2.76 bits per heavy atom. The number of aromatic nitrogens is 3. The van der Waals surface area contributed by atoms with Gasteiger partial charge in [-0.1, -0.05) is 6.07 Å². The second-order valence-corrected chi connectivity index (χ2v) is 5.27. The summed E-state index contributed by atoms with van der Waals surface area (Å²) < 4.78 is 0. The molecular formula is C13H10N4O3S. The van der Waals surface area contributed by atoms with Crippen LogP contribution >= 0.6 is 11.3 Å². The maximum atomic E-state index is 12.2. The fourth-order valence-electron chi connectivity index (χ4n) is 1.91. The number of H-pyrrole nitrogens is 1. The lowest BCUT2D eigenvalue weighted by atomic mass is 10.1. The molecule has 1 unspecified atom stereocenters. The van der Waals surface area contributed by atoms with E-state index in [4.69, 9.17) is 0 Å². The number of carboxylic acid groups (broad SMARTS) is 1. The molecule has 0 spiro atoms. The van der Waals surface area contributed by atoms with Crippen LogP contribution in [0.1, 0.15) is 21.3 Å². The van der Waals surface area contributed by atoms with Crippen molar-refractivity contribution in [1.82, 2.24) is 20.7 Å². The van der Waals surface area contributed by atoms with Crippen LogP contribution in [0.5, 0.6) is 0 Å². The van der Waals surface area contributed by atoms with Gasteiger partial charge >= 0.3 is 5.97 Å². The highest BCUT2D eigenvalue weighted by Crippen LogP contribution is 2.20. The van der Waals surface area contributed by atoms with Gasteiger partial charge in [0.25, 0.3) is 5.91 Å². The Labute approximate surface area is 122 Å². The summed E-state index contributed by atoms with van der Waals surface area (Å²) in [6.45, 7) is 0. The SMILES string of the molecule is O=C(NC(C(=O)O)c1cccs1)c1ccc2n[nH]nc2c1. The van der Waals surface area contributed by atoms with E-state index in [-0.39, 0.29) is 0 Å². The second-order valence-electron chi connectivity index (χ2n) is 4.29. The van der Waals surface area contributed by atoms with Crippen LogP contribution in [0.2, 0.25) is 0 Å². The number of carbonyl (C=O) groups is 2. The molecule has 0 aliphatic heterocycles. The second kappa shape index (κ2) is 5.33. The van der Waals surface area contributed by atoms with E-state index in [1.807, 2.05) is 0 Å². The van der Waals surface area contributed by atoms with E-state index in [1.165, 1.54) is 11.3 Å². The number of hydrogen-bond donors (Lipinski definition) is 3. The van der Waals surface area contributed by atoms with Gasteiger partial charge in [-0.05, 0) is 29.6 Å². The highest BCUT2D eigenvalue weighted by Gasteiger charge is 2.23. The van der Waals surface area contributed by atoms with Gasteiger partial charge in [-0.2, -0.15) is 15.4 Å². The molecule has 8 heteroatoms. The zero-order valence-corrected chi connectivity index (χ0v) is 11.4. The topological polar surface area (TPSA) is 108 Å². The summed E-state index contributed by atoms with van der Waals surface area (Å²) in [4.78, 5) is 24.1. The summed E-state index contributed by atoms with van der Waals surface area (Å²) in [5.41, 5.74) is 1.52. The summed E-state index contributed by atoms with van der Waals surface area (Å²) in [5, 5.41) is 23.8. The summed E-state index contributed by atoms with van der Waals surface area (Å²) in [7, 11) is 0. The molecule has 3 aromatic rings. The van der Waals surface area contributed by atoms with Crippen molar-refractivity contribution in [2.45, 2.75) is 6.04 Å². The highest BCUT2D eigenvalue weighted by atomic mass is 32.1. The molecule has 1 amide bonds. The number of aromatic amines is 1. The Kier molecular flexibility index (Phi) is 3.36. The number of hydrogen-bond acceptors (Lipinski definition) is 5. The van der Waals surface area contributed by atoms with Gasteiger partial charge in [0, 0.05) is 10.4 Å². The van der Waals surface area contributed by atoms with Crippen LogP contribution < -0.4 is 5.32 Å². The highest BCUT2D eigenvalue weighted by molar-refractivity contribution is 7.10. The average molecular weight is 302 g/mol. The van der Waals surface area contributed by atoms with Crippen molar-refractivity contribution < 1.29 is 14.7 Å². The van der Waals surface area contributed by atoms with Gasteiger partial charge in [-0.3, -0.25) is 4.79 Å². The van der Waals surface area contributed by atoms with Gasteiger partial charge < -0.3 is 10.4 Å². The van der Waals surface area contributed by atoms with Gasteiger partial charge in [-0.15, -0.1) is 11.3 Å². The molecule has 0 aliphatic rings. The fraction of sp³-hybridized carbons (Fsp3) is 0.0769. The van der Waals surface area contributed by atoms with Crippen LogP contribution in [-0.4, -0.2) is 32.4 Å². The summed E-state index contributed by atoms with van der Waals surface area (Å²) >= 11 is 1.28. The van der Waals surface area contributed by atoms with Crippen LogP contribution in [-0.2, 0) is 4.79 Å². The monoisotopic (exact) mass is 302 g/mol. The molecular weight excluding hydrogens is 292 g/mol. The molecule has 1 aromatic carbocycles. The number of fused-ring (bicyclic) bond motifs is 1. The minimum atomic E-state index is -1.10. The lowest BCUT2D eigenvalue weighted by molar-refractivity contribution is -0.139. The van der Waals surface area contributed by atoms with Crippen LogP contribution in [0.4, 0.5) is 0 Å². The Hall–Kier alpha value is -2.74. The molecule has 0 saturated heterocycles. The lowest BCUT2D eigenvalue weighted by Crippen LogP contribution is -2.33. The smallest absolute Gasteiger partial charge is 0.331 e. The minimum Gasteiger partial charge on any atom is -0.479 e. The van der Waals surface area contributed by atoms with Crippen LogP contribution in [0.3, 0.4) is 0 Å². The number of carboxylic acids is 1. The maximum Gasteiger partial charge on any atom is 0.331 e. The molecule has 7 nitrogen and oxygen atoms in total. The Balaban J connectivity index is 1.85. The van der Waals surface area contributed by atoms with Crippen molar-refractivity contribution in [2.24, 2.45) is 0 Å². The first-order valence-corrected chi connectivity index (χ1v) is 6.91. The van der Waals surface area contributed by atoms with E-state index < -0.39 is 17.9 Å². The van der Waals surface area contributed by atoms with E-state index in [9.17, 15) is 14.7 Å². The molecule has 0 bridgehead atoms. The molecule has 106 valence electrons. The maximum absolute atomic E-state index is 12.2. The quantitative estimate of drug-likeness (QED) is 0.678. The van der Waals surface area contributed by atoms with Crippen molar-refractivity contribution in [3.8, 4) is 0 Å². The number of aliphatic carboxylic acids is 1. The third-order valence-electron chi connectivity index (χ3n) is 2.93. The van der Waals surface area contributed by atoms with Gasteiger partial charge in [0.1, 0.15) is 11.0 Å². The van der Waals surface area contributed by atoms with Crippen molar-refractivity contribution >= 4 is 34.2 Å². The fourth-order valence-corrected chi connectivity index (χ4v) is 2.67. The number of rotatable bonds is 4. The molecule has 2 heterocycles. The summed E-state index contributed by atoms with van der Waals surface area (Å²) in [5.74, 6) is -1.57. The predicted molar refractivity (Wildman–Crippen MR) is 76.1 cm³/mol. The minimum absolute atomic E-state index is 0.333. The van der Waals surface area contributed by atoms with E-state index in [0.29, 0.717) is 21.5 Å². The number of nitrogens with zero attached hydrogens (tertiary/aromatic N) is 2. The van der Waals surface area contributed by atoms with E-state index in [1.54, 1.807) is 35.7 Å². The first-order chi connectivity index (χ1) is 10.1. The van der Waals surface area contributed by atoms with Crippen LogP contribution in [0.25, 0.3) is 11.0 Å². The van der Waals surface area contributed by atoms with Gasteiger partial charge in [-0.25, -0.2) is 4.79 Å². The molecule has 0 fully saturated rings. The molecule has 3 rings (SSSR count). The molecule has 0 aliphatic carbocycles. The third-order valence-corrected chi connectivity index (χ3v) is 3.87. The molecule has 21 heavy (non-hydrogen) atoms. The van der Waals surface area contributed by atoms with Gasteiger partial charge in [0.2, 0.25) is 0 Å².